The molecule has 0 spiro atoms. The molecule has 0 radical (unpaired) electrons. The molecule has 214 valence electrons. The van der Waals surface area contributed by atoms with E-state index < -0.39 is 56.4 Å². The fourth-order valence-electron chi connectivity index (χ4n) is 4.73. The number of nitrogens with zero attached hydrogens (tertiary/aromatic N) is 2. The first kappa shape index (κ1) is 29.5. The maximum absolute atomic E-state index is 13.9. The summed E-state index contributed by atoms with van der Waals surface area (Å²) in [6.45, 7) is -0.570. The zero-order valence-electron chi connectivity index (χ0n) is 20.4. The number of hydrogen-bond donors (Lipinski definition) is 1. The molecule has 40 heavy (non-hydrogen) atoms. The first-order valence-corrected chi connectivity index (χ1v) is 13.1. The van der Waals surface area contributed by atoms with E-state index in [1.807, 2.05) is 0 Å². The molecule has 1 atom stereocenters. The number of carbonyl (C=O) groups excluding carboxylic acids is 1. The second kappa shape index (κ2) is 10.1. The van der Waals surface area contributed by atoms with Crippen molar-refractivity contribution in [3.8, 4) is 0 Å². The molecule has 6 nitrogen and oxygen atoms in total. The quantitative estimate of drug-likeness (QED) is 0.333. The Kier molecular flexibility index (Phi) is 7.47. The summed E-state index contributed by atoms with van der Waals surface area (Å²) in [7, 11) is -4.49. The van der Waals surface area contributed by atoms with Gasteiger partial charge in [-0.2, -0.15) is 26.3 Å². The van der Waals surface area contributed by atoms with Crippen molar-refractivity contribution in [3.63, 3.8) is 0 Å². The normalized spacial score (nSPS) is 18.6. The highest BCUT2D eigenvalue weighted by atomic mass is 32.2. The van der Waals surface area contributed by atoms with Crippen LogP contribution in [0.1, 0.15) is 23.1 Å². The van der Waals surface area contributed by atoms with Gasteiger partial charge in [0.25, 0.3) is 5.60 Å². The molecule has 1 aliphatic rings. The van der Waals surface area contributed by atoms with E-state index >= 15 is 0 Å². The van der Waals surface area contributed by atoms with E-state index in [1.165, 1.54) is 17.3 Å². The Hall–Kier alpha value is -3.52. The van der Waals surface area contributed by atoms with Gasteiger partial charge in [0, 0.05) is 31.0 Å². The van der Waals surface area contributed by atoms with Crippen molar-refractivity contribution < 1.29 is 49.1 Å². The Bertz CT molecular complexity index is 1460. The monoisotopic (exact) mass is 590 g/mol. The second-order valence-electron chi connectivity index (χ2n) is 9.33. The van der Waals surface area contributed by atoms with Gasteiger partial charge in [-0.3, -0.25) is 9.78 Å². The minimum atomic E-state index is -6.13. The van der Waals surface area contributed by atoms with Crippen molar-refractivity contribution in [1.29, 1.82) is 0 Å². The molecule has 1 saturated heterocycles. The lowest BCUT2D eigenvalue weighted by molar-refractivity contribution is -0.376. The number of benzene rings is 2. The van der Waals surface area contributed by atoms with Gasteiger partial charge in [0.05, 0.1) is 11.3 Å². The lowest BCUT2D eigenvalue weighted by Gasteiger charge is -2.34. The lowest BCUT2D eigenvalue weighted by Crippen LogP contribution is -2.54. The number of carbonyl (C=O) groups is 1. The molecule has 0 bridgehead atoms. The smallest absolute Gasteiger partial charge is 0.369 e. The van der Waals surface area contributed by atoms with E-state index in [2.05, 4.69) is 4.98 Å². The van der Waals surface area contributed by atoms with Crippen LogP contribution < -0.4 is 0 Å². The SMILES string of the molecule is O=C(Cc1ccncc1)N1CC[C@](c2ccc(C(O)(C(F)(F)F)C(F)(F)F)cc2)(S(=O)(=O)c2ccc(F)cc2)C1. The molecule has 1 aliphatic heterocycles. The second-order valence-corrected chi connectivity index (χ2v) is 11.6. The fraction of sp³-hybridized carbons (Fsp3) is 0.308. The standard InChI is InChI=1S/C26H21F7N2O4S/c27-20-5-7-21(8-6-20)40(38,39)23(11-14-35(16-23)22(36)15-17-9-12-34-13-10-17)18-1-3-19(4-2-18)24(37,25(28,29)30)26(31,32)33/h1-10,12-13,37H,11,14-16H2/t23-/m0/s1. The number of halogens is 7. The summed E-state index contributed by atoms with van der Waals surface area (Å²) in [5, 5.41) is 9.73. The van der Waals surface area contributed by atoms with E-state index in [0.717, 1.165) is 36.4 Å². The maximum Gasteiger partial charge on any atom is 0.430 e. The van der Waals surface area contributed by atoms with E-state index in [1.54, 1.807) is 12.1 Å². The minimum absolute atomic E-state index is 0.0961. The third kappa shape index (κ3) is 4.94. The van der Waals surface area contributed by atoms with Crippen molar-refractivity contribution in [2.45, 2.75) is 40.4 Å². The number of sulfone groups is 1. The first-order chi connectivity index (χ1) is 18.5. The highest BCUT2D eigenvalue weighted by molar-refractivity contribution is 7.92. The highest BCUT2D eigenvalue weighted by Crippen LogP contribution is 2.51. The van der Waals surface area contributed by atoms with Crippen LogP contribution in [0.5, 0.6) is 0 Å². The van der Waals surface area contributed by atoms with Crippen LogP contribution in [0.25, 0.3) is 0 Å². The predicted octanol–water partition coefficient (Wildman–Crippen LogP) is 4.68. The van der Waals surface area contributed by atoms with Crippen molar-refractivity contribution in [1.82, 2.24) is 9.88 Å². The molecule has 14 heteroatoms. The number of likely N-dealkylation sites (tertiary alicyclic amines) is 1. The van der Waals surface area contributed by atoms with Crippen LogP contribution in [-0.4, -0.2) is 54.8 Å². The predicted molar refractivity (Wildman–Crippen MR) is 127 cm³/mol. The molecular formula is C26H21F7N2O4S. The number of aromatic nitrogens is 1. The summed E-state index contributed by atoms with van der Waals surface area (Å²) < 4.78 is 120. The molecular weight excluding hydrogens is 569 g/mol. The van der Waals surface area contributed by atoms with Crippen LogP contribution in [0, 0.1) is 5.82 Å². The zero-order chi connectivity index (χ0) is 29.6. The third-order valence-electron chi connectivity index (χ3n) is 6.98. The molecule has 4 rings (SSSR count). The number of pyridine rings is 1. The number of rotatable bonds is 6. The Morgan fingerprint density at radius 3 is 1.98 bits per heavy atom. The van der Waals surface area contributed by atoms with Gasteiger partial charge in [0.2, 0.25) is 5.91 Å². The van der Waals surface area contributed by atoms with Crippen LogP contribution in [-0.2, 0) is 31.4 Å². The summed E-state index contributed by atoms with van der Waals surface area (Å²) in [5.74, 6) is -1.21. The Morgan fingerprint density at radius 2 is 1.45 bits per heavy atom. The first-order valence-electron chi connectivity index (χ1n) is 11.7. The molecule has 0 unspecified atom stereocenters. The van der Waals surface area contributed by atoms with Crippen molar-refractivity contribution >= 4 is 15.7 Å². The third-order valence-corrected chi connectivity index (χ3v) is 9.47. The molecule has 3 aromatic rings. The van der Waals surface area contributed by atoms with Gasteiger partial charge in [-0.25, -0.2) is 12.8 Å². The van der Waals surface area contributed by atoms with E-state index in [9.17, 15) is 49.1 Å². The van der Waals surface area contributed by atoms with Crippen molar-refractivity contribution in [2.75, 3.05) is 13.1 Å². The largest absolute Gasteiger partial charge is 0.430 e. The highest BCUT2D eigenvalue weighted by Gasteiger charge is 2.71. The topological polar surface area (TPSA) is 87.6 Å². The summed E-state index contributed by atoms with van der Waals surface area (Å²) >= 11 is 0. The Morgan fingerprint density at radius 1 is 0.900 bits per heavy atom. The van der Waals surface area contributed by atoms with Gasteiger partial charge in [0.1, 0.15) is 10.6 Å². The Labute approximate surface area is 224 Å². The van der Waals surface area contributed by atoms with Crippen LogP contribution in [0.15, 0.2) is 78.0 Å². The summed E-state index contributed by atoms with van der Waals surface area (Å²) in [5.41, 5.74) is -6.38. The van der Waals surface area contributed by atoms with Crippen LogP contribution in [0.2, 0.25) is 0 Å². The molecule has 2 heterocycles. The number of alkyl halides is 6. The molecule has 0 aliphatic carbocycles. The van der Waals surface area contributed by atoms with E-state index in [4.69, 9.17) is 0 Å². The fourth-order valence-corrected chi connectivity index (χ4v) is 6.81. The average Bonchev–Trinajstić information content (AvgIpc) is 3.36. The van der Waals surface area contributed by atoms with Gasteiger partial charge in [-0.15, -0.1) is 0 Å². The molecule has 1 aromatic heterocycles. The van der Waals surface area contributed by atoms with Crippen LogP contribution in [0.3, 0.4) is 0 Å². The molecule has 1 fully saturated rings. The summed E-state index contributed by atoms with van der Waals surface area (Å²) in [6, 6.07) is 9.14. The van der Waals surface area contributed by atoms with Crippen molar-refractivity contribution in [3.05, 3.63) is 95.6 Å². The molecule has 1 amide bonds. The van der Waals surface area contributed by atoms with E-state index in [0.29, 0.717) is 17.7 Å². The average molecular weight is 591 g/mol. The lowest BCUT2D eigenvalue weighted by atomic mass is 9.89. The van der Waals surface area contributed by atoms with Gasteiger partial charge < -0.3 is 10.0 Å². The van der Waals surface area contributed by atoms with Gasteiger partial charge in [0.15, 0.2) is 9.84 Å². The molecule has 1 N–H and O–H groups in total. The number of amides is 1. The van der Waals surface area contributed by atoms with E-state index in [-0.39, 0.29) is 29.8 Å². The van der Waals surface area contributed by atoms with Crippen molar-refractivity contribution in [2.24, 2.45) is 0 Å². The minimum Gasteiger partial charge on any atom is -0.369 e. The summed E-state index contributed by atoms with van der Waals surface area (Å²) in [4.78, 5) is 17.8. The van der Waals surface area contributed by atoms with Crippen LogP contribution in [0.4, 0.5) is 30.7 Å². The number of aliphatic hydroxyl groups is 1. The summed E-state index contributed by atoms with van der Waals surface area (Å²) in [6.07, 6.45) is -9.71. The van der Waals surface area contributed by atoms with Gasteiger partial charge in [-0.1, -0.05) is 24.3 Å². The van der Waals surface area contributed by atoms with Gasteiger partial charge >= 0.3 is 12.4 Å². The molecule has 2 aromatic carbocycles. The zero-order valence-corrected chi connectivity index (χ0v) is 21.2. The number of hydrogen-bond acceptors (Lipinski definition) is 5. The van der Waals surface area contributed by atoms with Gasteiger partial charge in [-0.05, 0) is 53.9 Å². The Balaban J connectivity index is 1.79. The molecule has 0 saturated carbocycles. The van der Waals surface area contributed by atoms with Crippen LogP contribution >= 0.6 is 0 Å². The maximum atomic E-state index is 13.9.